The third-order valence-electron chi connectivity index (χ3n) is 4.79. The lowest BCUT2D eigenvalue weighted by molar-refractivity contribution is -0.136. The molecule has 1 aliphatic rings. The Labute approximate surface area is 142 Å². The van der Waals surface area contributed by atoms with E-state index in [1.54, 1.807) is 14.2 Å². The largest absolute Gasteiger partial charge is 0.496 e. The summed E-state index contributed by atoms with van der Waals surface area (Å²) >= 11 is 0. The zero-order valence-corrected chi connectivity index (χ0v) is 14.5. The Balaban J connectivity index is 1.76. The number of amides is 1. The highest BCUT2D eigenvalue weighted by molar-refractivity contribution is 5.84. The normalized spacial score (nSPS) is 15.7. The number of carbonyl (C=O) groups is 1. The van der Waals surface area contributed by atoms with Crippen molar-refractivity contribution in [3.05, 3.63) is 35.7 Å². The molecule has 0 atom stereocenters. The summed E-state index contributed by atoms with van der Waals surface area (Å²) in [6.45, 7) is 3.74. The molecule has 5 heteroatoms. The molecule has 3 rings (SSSR count). The predicted molar refractivity (Wildman–Crippen MR) is 93.5 cm³/mol. The highest BCUT2D eigenvalue weighted by Crippen LogP contribution is 2.31. The maximum Gasteiger partial charge on any atom is 0.248 e. The minimum Gasteiger partial charge on any atom is -0.496 e. The summed E-state index contributed by atoms with van der Waals surface area (Å²) in [6.07, 6.45) is 3.83. The van der Waals surface area contributed by atoms with Crippen molar-refractivity contribution in [2.75, 3.05) is 33.9 Å². The van der Waals surface area contributed by atoms with Gasteiger partial charge in [-0.3, -0.25) is 9.78 Å². The monoisotopic (exact) mass is 328 g/mol. The Morgan fingerprint density at radius 3 is 2.62 bits per heavy atom. The van der Waals surface area contributed by atoms with Crippen LogP contribution in [0.1, 0.15) is 30.0 Å². The van der Waals surface area contributed by atoms with Crippen LogP contribution in [0.5, 0.6) is 5.75 Å². The molecule has 1 amide bonds. The average molecular weight is 328 g/mol. The first kappa shape index (κ1) is 16.7. The minimum absolute atomic E-state index is 0.0719. The number of benzene rings is 1. The summed E-state index contributed by atoms with van der Waals surface area (Å²) in [6, 6.07) is 6.35. The van der Waals surface area contributed by atoms with Gasteiger partial charge in [0.15, 0.2) is 0 Å². The topological polar surface area (TPSA) is 51.7 Å². The maximum absolute atomic E-state index is 11.9. The lowest BCUT2D eigenvalue weighted by Crippen LogP contribution is -2.39. The molecule has 0 unspecified atom stereocenters. The molecule has 0 saturated carbocycles. The summed E-state index contributed by atoms with van der Waals surface area (Å²) in [7, 11) is 3.25. The van der Waals surface area contributed by atoms with Gasteiger partial charge >= 0.3 is 0 Å². The summed E-state index contributed by atoms with van der Waals surface area (Å²) in [4.78, 5) is 18.4. The number of hydrogen-bond acceptors (Lipinski definition) is 4. The van der Waals surface area contributed by atoms with Crippen LogP contribution in [-0.4, -0.2) is 49.7 Å². The van der Waals surface area contributed by atoms with Gasteiger partial charge in [0, 0.05) is 43.4 Å². The fraction of sp³-hybridized carbons (Fsp3) is 0.474. The molecule has 24 heavy (non-hydrogen) atoms. The molecule has 5 nitrogen and oxygen atoms in total. The quantitative estimate of drug-likeness (QED) is 0.866. The van der Waals surface area contributed by atoms with Crippen molar-refractivity contribution >= 4 is 16.7 Å². The molecule has 0 radical (unpaired) electrons. The van der Waals surface area contributed by atoms with Crippen LogP contribution in [0, 0.1) is 6.92 Å². The average Bonchev–Trinajstić information content (AvgIpc) is 2.61. The van der Waals surface area contributed by atoms with Crippen molar-refractivity contribution in [2.24, 2.45) is 0 Å². The summed E-state index contributed by atoms with van der Waals surface area (Å²) in [5.74, 6) is 1.37. The highest BCUT2D eigenvalue weighted by atomic mass is 16.5. The first-order chi connectivity index (χ1) is 11.6. The third kappa shape index (κ3) is 3.36. The molecule has 2 heterocycles. The lowest BCUT2D eigenvalue weighted by Gasteiger charge is -2.31. The molecule has 1 aromatic heterocycles. The van der Waals surface area contributed by atoms with Crippen molar-refractivity contribution in [3.63, 3.8) is 0 Å². The van der Waals surface area contributed by atoms with E-state index in [0.717, 1.165) is 53.7 Å². The molecule has 0 bridgehead atoms. The smallest absolute Gasteiger partial charge is 0.248 e. The number of likely N-dealkylation sites (tertiary alicyclic amines) is 1. The van der Waals surface area contributed by atoms with Gasteiger partial charge in [0.05, 0.1) is 7.11 Å². The Kier molecular flexibility index (Phi) is 5.00. The number of aryl methyl sites for hydroxylation is 1. The fourth-order valence-corrected chi connectivity index (χ4v) is 3.39. The zero-order valence-electron chi connectivity index (χ0n) is 14.5. The van der Waals surface area contributed by atoms with Gasteiger partial charge in [0.25, 0.3) is 0 Å². The molecule has 0 spiro atoms. The van der Waals surface area contributed by atoms with Crippen LogP contribution in [-0.2, 0) is 9.53 Å². The molecule has 2 aromatic rings. The van der Waals surface area contributed by atoms with E-state index in [0.29, 0.717) is 5.92 Å². The van der Waals surface area contributed by atoms with E-state index in [4.69, 9.17) is 9.47 Å². The Morgan fingerprint density at radius 1 is 1.21 bits per heavy atom. The van der Waals surface area contributed by atoms with Gasteiger partial charge in [-0.25, -0.2) is 0 Å². The maximum atomic E-state index is 11.9. The van der Waals surface area contributed by atoms with Crippen LogP contribution in [0.4, 0.5) is 0 Å². The Morgan fingerprint density at radius 2 is 1.96 bits per heavy atom. The van der Waals surface area contributed by atoms with Crippen molar-refractivity contribution in [2.45, 2.75) is 25.7 Å². The third-order valence-corrected chi connectivity index (χ3v) is 4.79. The number of pyridine rings is 1. The fourth-order valence-electron chi connectivity index (χ4n) is 3.39. The van der Waals surface area contributed by atoms with Crippen molar-refractivity contribution in [1.82, 2.24) is 9.88 Å². The van der Waals surface area contributed by atoms with E-state index < -0.39 is 0 Å². The second-order valence-electron chi connectivity index (χ2n) is 6.37. The molecule has 1 aromatic carbocycles. The molecule has 1 aliphatic heterocycles. The number of fused-ring (bicyclic) bond motifs is 1. The van der Waals surface area contributed by atoms with Crippen molar-refractivity contribution in [3.8, 4) is 5.75 Å². The second kappa shape index (κ2) is 7.18. The van der Waals surface area contributed by atoms with Gasteiger partial charge in [0.2, 0.25) is 5.91 Å². The van der Waals surface area contributed by atoms with E-state index >= 15 is 0 Å². The van der Waals surface area contributed by atoms with Crippen LogP contribution >= 0.6 is 0 Å². The van der Waals surface area contributed by atoms with Crippen molar-refractivity contribution < 1.29 is 14.3 Å². The molecule has 128 valence electrons. The number of methoxy groups -OCH3 is 2. The number of ether oxygens (including phenoxy) is 2. The number of piperidine rings is 1. The van der Waals surface area contributed by atoms with Gasteiger partial charge in [-0.1, -0.05) is 0 Å². The molecule has 0 N–H and O–H groups in total. The van der Waals surface area contributed by atoms with Crippen LogP contribution < -0.4 is 4.74 Å². The highest BCUT2D eigenvalue weighted by Gasteiger charge is 2.24. The van der Waals surface area contributed by atoms with Crippen LogP contribution in [0.2, 0.25) is 0 Å². The van der Waals surface area contributed by atoms with Gasteiger partial charge in [-0.15, -0.1) is 0 Å². The first-order valence-electron chi connectivity index (χ1n) is 8.33. The van der Waals surface area contributed by atoms with Crippen LogP contribution in [0.3, 0.4) is 0 Å². The summed E-state index contributed by atoms with van der Waals surface area (Å²) in [5.41, 5.74) is 2.22. The van der Waals surface area contributed by atoms with E-state index in [1.807, 2.05) is 18.0 Å². The van der Waals surface area contributed by atoms with E-state index in [9.17, 15) is 4.79 Å². The number of nitrogens with zero attached hydrogens (tertiary/aromatic N) is 2. The number of hydrogen-bond donors (Lipinski definition) is 0. The van der Waals surface area contributed by atoms with Gasteiger partial charge in [-0.2, -0.15) is 0 Å². The second-order valence-corrected chi connectivity index (χ2v) is 6.37. The molecule has 0 aliphatic carbocycles. The van der Waals surface area contributed by atoms with E-state index in [-0.39, 0.29) is 12.5 Å². The number of carbonyl (C=O) groups excluding carboxylic acids is 1. The van der Waals surface area contributed by atoms with Crippen LogP contribution in [0.15, 0.2) is 24.4 Å². The molecule has 1 saturated heterocycles. The molecular weight excluding hydrogens is 304 g/mol. The van der Waals surface area contributed by atoms with Gasteiger partial charge in [0.1, 0.15) is 12.4 Å². The molecule has 1 fully saturated rings. The standard InChI is InChI=1S/C19H24N2O3/c1-13-8-16-11-20-17(9-15(16)10-18(13)24-3)14-4-6-21(7-5-14)19(22)12-23-2/h8-11,14H,4-7,12H2,1-3H3. The first-order valence-corrected chi connectivity index (χ1v) is 8.33. The van der Waals surface area contributed by atoms with Gasteiger partial charge in [-0.05, 0) is 48.9 Å². The number of aromatic nitrogens is 1. The summed E-state index contributed by atoms with van der Waals surface area (Å²) in [5, 5.41) is 2.28. The van der Waals surface area contributed by atoms with E-state index in [1.165, 1.54) is 0 Å². The Hall–Kier alpha value is -2.14. The number of rotatable bonds is 4. The van der Waals surface area contributed by atoms with Crippen molar-refractivity contribution in [1.29, 1.82) is 0 Å². The molecular formula is C19H24N2O3. The van der Waals surface area contributed by atoms with Gasteiger partial charge < -0.3 is 14.4 Å². The van der Waals surface area contributed by atoms with Crippen LogP contribution in [0.25, 0.3) is 10.8 Å². The Bertz CT molecular complexity index is 737. The van der Waals surface area contributed by atoms with E-state index in [2.05, 4.69) is 23.2 Å². The minimum atomic E-state index is 0.0719. The predicted octanol–water partition coefficient (Wildman–Crippen LogP) is 2.90. The summed E-state index contributed by atoms with van der Waals surface area (Å²) < 4.78 is 10.4. The SMILES string of the molecule is COCC(=O)N1CCC(c2cc3cc(OC)c(C)cc3cn2)CC1. The zero-order chi connectivity index (χ0) is 17.1. The lowest BCUT2D eigenvalue weighted by atomic mass is 9.92.